The minimum absolute atomic E-state index is 0.226. The molecule has 0 radical (unpaired) electrons. The first kappa shape index (κ1) is 15.0. The molecule has 0 saturated carbocycles. The van der Waals surface area contributed by atoms with Crippen LogP contribution in [0.25, 0.3) is 0 Å². The van der Waals surface area contributed by atoms with Crippen LogP contribution in [0.15, 0.2) is 22.7 Å². The maximum Gasteiger partial charge on any atom is 0.0513 e. The fourth-order valence-corrected chi connectivity index (χ4v) is 3.81. The number of aryl methyl sites for hydroxylation is 1. The van der Waals surface area contributed by atoms with E-state index >= 15 is 0 Å². The molecular formula is C16H25BrN2. The van der Waals surface area contributed by atoms with Crippen LogP contribution in [0.5, 0.6) is 0 Å². The first-order valence-corrected chi connectivity index (χ1v) is 8.07. The normalized spacial score (nSPS) is 25.6. The van der Waals surface area contributed by atoms with Crippen LogP contribution in [0.1, 0.15) is 50.3 Å². The molecule has 1 aliphatic heterocycles. The van der Waals surface area contributed by atoms with Crippen LogP contribution in [-0.4, -0.2) is 23.5 Å². The number of benzene rings is 1. The minimum atomic E-state index is 0.226. The summed E-state index contributed by atoms with van der Waals surface area (Å²) in [4.78, 5) is 2.56. The Morgan fingerprint density at radius 1 is 1.32 bits per heavy atom. The van der Waals surface area contributed by atoms with Gasteiger partial charge in [0, 0.05) is 16.6 Å². The Bertz CT molecular complexity index is 431. The van der Waals surface area contributed by atoms with Gasteiger partial charge in [0.2, 0.25) is 0 Å². The van der Waals surface area contributed by atoms with Gasteiger partial charge in [0.25, 0.3) is 0 Å². The van der Waals surface area contributed by atoms with Crippen molar-refractivity contribution in [2.45, 2.75) is 58.2 Å². The highest BCUT2D eigenvalue weighted by Crippen LogP contribution is 2.35. The van der Waals surface area contributed by atoms with Crippen LogP contribution in [0.4, 0.5) is 0 Å². The second-order valence-corrected chi connectivity index (χ2v) is 6.82. The van der Waals surface area contributed by atoms with E-state index in [0.717, 1.165) is 13.0 Å². The van der Waals surface area contributed by atoms with Crippen molar-refractivity contribution in [2.75, 3.05) is 6.54 Å². The fourth-order valence-electron chi connectivity index (χ4n) is 3.08. The molecule has 1 aromatic rings. The van der Waals surface area contributed by atoms with E-state index in [1.807, 2.05) is 0 Å². The van der Waals surface area contributed by atoms with Crippen LogP contribution < -0.4 is 5.73 Å². The van der Waals surface area contributed by atoms with Gasteiger partial charge in [0.1, 0.15) is 0 Å². The fraction of sp³-hybridized carbons (Fsp3) is 0.625. The van der Waals surface area contributed by atoms with Crippen molar-refractivity contribution in [3.63, 3.8) is 0 Å². The predicted octanol–water partition coefficient (Wildman–Crippen LogP) is 4.02. The highest BCUT2D eigenvalue weighted by atomic mass is 79.9. The van der Waals surface area contributed by atoms with Crippen molar-refractivity contribution < 1.29 is 0 Å². The molecule has 3 heteroatoms. The Morgan fingerprint density at radius 3 is 2.68 bits per heavy atom. The molecule has 2 unspecified atom stereocenters. The van der Waals surface area contributed by atoms with E-state index in [9.17, 15) is 0 Å². The van der Waals surface area contributed by atoms with Crippen molar-refractivity contribution in [3.05, 3.63) is 33.8 Å². The van der Waals surface area contributed by atoms with Gasteiger partial charge in [-0.1, -0.05) is 34.5 Å². The van der Waals surface area contributed by atoms with E-state index in [4.69, 9.17) is 5.73 Å². The van der Waals surface area contributed by atoms with Gasteiger partial charge in [-0.05, 0) is 57.4 Å². The highest BCUT2D eigenvalue weighted by molar-refractivity contribution is 9.10. The molecular weight excluding hydrogens is 300 g/mol. The third-order valence-electron chi connectivity index (χ3n) is 4.10. The first-order valence-electron chi connectivity index (χ1n) is 7.28. The maximum atomic E-state index is 6.48. The SMILES string of the molecule is Cc1ccc(C2C(N)CCCCN2C(C)C)c(Br)c1. The Labute approximate surface area is 125 Å². The van der Waals surface area contributed by atoms with Gasteiger partial charge in [0.05, 0.1) is 6.04 Å². The monoisotopic (exact) mass is 324 g/mol. The van der Waals surface area contributed by atoms with Gasteiger partial charge in [-0.2, -0.15) is 0 Å². The molecule has 2 rings (SSSR count). The smallest absolute Gasteiger partial charge is 0.0513 e. The van der Waals surface area contributed by atoms with E-state index in [-0.39, 0.29) is 6.04 Å². The van der Waals surface area contributed by atoms with Gasteiger partial charge >= 0.3 is 0 Å². The number of nitrogens with two attached hydrogens (primary N) is 1. The molecule has 2 nitrogen and oxygen atoms in total. The lowest BCUT2D eigenvalue weighted by molar-refractivity contribution is 0.143. The van der Waals surface area contributed by atoms with E-state index in [1.54, 1.807) is 0 Å². The number of likely N-dealkylation sites (tertiary alicyclic amines) is 1. The molecule has 0 aromatic heterocycles. The summed E-state index contributed by atoms with van der Waals surface area (Å²) >= 11 is 3.73. The van der Waals surface area contributed by atoms with Crippen LogP contribution in [0.2, 0.25) is 0 Å². The molecule has 0 aliphatic carbocycles. The lowest BCUT2D eigenvalue weighted by atomic mass is 9.95. The maximum absolute atomic E-state index is 6.48. The summed E-state index contributed by atoms with van der Waals surface area (Å²) in [6.45, 7) is 7.82. The Morgan fingerprint density at radius 2 is 2.05 bits per heavy atom. The number of nitrogens with zero attached hydrogens (tertiary/aromatic N) is 1. The molecule has 1 aliphatic rings. The average Bonchev–Trinajstić information content (AvgIpc) is 2.52. The lowest BCUT2D eigenvalue weighted by Gasteiger charge is -2.37. The van der Waals surface area contributed by atoms with Gasteiger partial charge in [0.15, 0.2) is 0 Å². The molecule has 2 N–H and O–H groups in total. The number of hydrogen-bond donors (Lipinski definition) is 1. The second kappa shape index (κ2) is 6.38. The molecule has 1 heterocycles. The summed E-state index contributed by atoms with van der Waals surface area (Å²) in [5.41, 5.74) is 9.11. The zero-order chi connectivity index (χ0) is 14.0. The summed E-state index contributed by atoms with van der Waals surface area (Å²) in [7, 11) is 0. The molecule has 106 valence electrons. The van der Waals surface area contributed by atoms with Crippen molar-refractivity contribution >= 4 is 15.9 Å². The lowest BCUT2D eigenvalue weighted by Crippen LogP contribution is -2.43. The summed E-state index contributed by atoms with van der Waals surface area (Å²) < 4.78 is 1.19. The summed E-state index contributed by atoms with van der Waals surface area (Å²) in [6, 6.07) is 7.72. The van der Waals surface area contributed by atoms with E-state index in [1.165, 1.54) is 28.4 Å². The number of halogens is 1. The number of hydrogen-bond acceptors (Lipinski definition) is 2. The molecule has 1 fully saturated rings. The summed E-state index contributed by atoms with van der Waals surface area (Å²) in [6.07, 6.45) is 3.62. The number of rotatable bonds is 2. The largest absolute Gasteiger partial charge is 0.326 e. The second-order valence-electron chi connectivity index (χ2n) is 5.96. The van der Waals surface area contributed by atoms with Crippen molar-refractivity contribution in [3.8, 4) is 0 Å². The van der Waals surface area contributed by atoms with E-state index in [2.05, 4.69) is 59.8 Å². The third-order valence-corrected chi connectivity index (χ3v) is 4.79. The van der Waals surface area contributed by atoms with Gasteiger partial charge in [-0.15, -0.1) is 0 Å². The van der Waals surface area contributed by atoms with E-state index < -0.39 is 0 Å². The molecule has 0 bridgehead atoms. The zero-order valence-electron chi connectivity index (χ0n) is 12.2. The van der Waals surface area contributed by atoms with E-state index in [0.29, 0.717) is 12.1 Å². The predicted molar refractivity (Wildman–Crippen MR) is 85.3 cm³/mol. The molecule has 19 heavy (non-hydrogen) atoms. The third kappa shape index (κ3) is 3.39. The summed E-state index contributed by atoms with van der Waals surface area (Å²) in [5, 5.41) is 0. The standard InChI is InChI=1S/C16H25BrN2/c1-11(2)19-9-5-4-6-15(18)16(19)13-8-7-12(3)10-14(13)17/h7-8,10-11,15-16H,4-6,9,18H2,1-3H3. The average molecular weight is 325 g/mol. The van der Waals surface area contributed by atoms with Crippen molar-refractivity contribution in [1.82, 2.24) is 4.90 Å². The Kier molecular flexibility index (Phi) is 5.04. The summed E-state index contributed by atoms with van der Waals surface area (Å²) in [5.74, 6) is 0. The molecule has 1 saturated heterocycles. The van der Waals surface area contributed by atoms with Crippen LogP contribution in [-0.2, 0) is 0 Å². The molecule has 1 aromatic carbocycles. The van der Waals surface area contributed by atoms with Crippen LogP contribution in [0.3, 0.4) is 0 Å². The Hall–Kier alpha value is -0.380. The van der Waals surface area contributed by atoms with Crippen LogP contribution in [0, 0.1) is 6.92 Å². The van der Waals surface area contributed by atoms with Gasteiger partial charge < -0.3 is 5.73 Å². The minimum Gasteiger partial charge on any atom is -0.326 e. The van der Waals surface area contributed by atoms with Gasteiger partial charge in [-0.25, -0.2) is 0 Å². The van der Waals surface area contributed by atoms with Crippen molar-refractivity contribution in [2.24, 2.45) is 5.73 Å². The molecule has 2 atom stereocenters. The van der Waals surface area contributed by atoms with Crippen LogP contribution >= 0.6 is 15.9 Å². The zero-order valence-corrected chi connectivity index (χ0v) is 13.8. The highest BCUT2D eigenvalue weighted by Gasteiger charge is 2.31. The van der Waals surface area contributed by atoms with Gasteiger partial charge in [-0.3, -0.25) is 4.90 Å². The Balaban J connectivity index is 2.40. The molecule has 0 amide bonds. The van der Waals surface area contributed by atoms with Crippen molar-refractivity contribution in [1.29, 1.82) is 0 Å². The quantitative estimate of drug-likeness (QED) is 0.890. The topological polar surface area (TPSA) is 29.3 Å². The first-order chi connectivity index (χ1) is 9.00. The molecule has 0 spiro atoms.